The lowest BCUT2D eigenvalue weighted by Gasteiger charge is -2.17. The first-order valence-corrected chi connectivity index (χ1v) is 8.18. The van der Waals surface area contributed by atoms with Crippen LogP contribution in [0.2, 0.25) is 0 Å². The van der Waals surface area contributed by atoms with Crippen molar-refractivity contribution in [3.63, 3.8) is 0 Å². The molecule has 142 valence electrons. The van der Waals surface area contributed by atoms with Crippen LogP contribution in [0.15, 0.2) is 54.6 Å². The molecule has 27 heavy (non-hydrogen) atoms. The molecule has 0 bridgehead atoms. The van der Waals surface area contributed by atoms with Crippen LogP contribution in [0.1, 0.15) is 41.5 Å². The van der Waals surface area contributed by atoms with Gasteiger partial charge in [-0.2, -0.15) is 0 Å². The summed E-state index contributed by atoms with van der Waals surface area (Å²) in [6, 6.07) is 13.9. The fraction of sp³-hybridized carbons (Fsp3) is 0.250. The van der Waals surface area contributed by atoms with Crippen molar-refractivity contribution in [3.05, 3.63) is 65.7 Å². The summed E-state index contributed by atoms with van der Waals surface area (Å²) in [4.78, 5) is 44.9. The van der Waals surface area contributed by atoms with Crippen molar-refractivity contribution in [2.75, 3.05) is 6.61 Å². The molecule has 0 spiro atoms. The molecule has 7 nitrogen and oxygen atoms in total. The van der Waals surface area contributed by atoms with Gasteiger partial charge in [0.25, 0.3) is 0 Å². The zero-order valence-corrected chi connectivity index (χ0v) is 15.3. The minimum atomic E-state index is -0.987. The molecule has 0 aromatic heterocycles. The van der Waals surface area contributed by atoms with Crippen LogP contribution >= 0.6 is 0 Å². The third-order valence-corrected chi connectivity index (χ3v) is 3.13. The maximum atomic E-state index is 12.2. The van der Waals surface area contributed by atoms with Crippen LogP contribution in [0.4, 0.5) is 4.79 Å². The summed E-state index contributed by atoms with van der Waals surface area (Å²) in [6.07, 6.45) is -0.952. The fourth-order valence-corrected chi connectivity index (χ4v) is 1.86. The molecule has 2 rings (SSSR count). The maximum absolute atomic E-state index is 12.2. The summed E-state index contributed by atoms with van der Waals surface area (Å²) >= 11 is 0. The van der Waals surface area contributed by atoms with Crippen molar-refractivity contribution in [2.45, 2.75) is 20.8 Å². The lowest BCUT2D eigenvalue weighted by atomic mass is 9.99. The molecule has 0 unspecified atom stereocenters. The molecule has 0 aliphatic rings. The average molecular weight is 372 g/mol. The van der Waals surface area contributed by atoms with Crippen LogP contribution in [0.5, 0.6) is 5.75 Å². The van der Waals surface area contributed by atoms with Crippen molar-refractivity contribution in [3.8, 4) is 5.75 Å². The zero-order valence-electron chi connectivity index (χ0n) is 15.3. The molecular weight excluding hydrogens is 352 g/mol. The summed E-state index contributed by atoms with van der Waals surface area (Å²) in [6.45, 7) is 5.83. The standard InChI is InChI=1S/C20H20O7/c1-20(2,3)13-24-19(23)25-16-12-8-7-11-15(16)18(22)27-26-17(21)14-9-5-4-6-10-14/h4-12H,13H2,1-3H3. The Labute approximate surface area is 156 Å². The van der Waals surface area contributed by atoms with Gasteiger partial charge in [0.05, 0.1) is 12.2 Å². The molecule has 0 aliphatic carbocycles. The smallest absolute Gasteiger partial charge is 0.433 e. The van der Waals surface area contributed by atoms with Gasteiger partial charge in [-0.15, -0.1) is 0 Å². The van der Waals surface area contributed by atoms with Gasteiger partial charge in [-0.05, 0) is 29.7 Å². The highest BCUT2D eigenvalue weighted by atomic mass is 17.2. The minimum absolute atomic E-state index is 0.0721. The summed E-state index contributed by atoms with van der Waals surface area (Å²) in [5.41, 5.74) is -0.102. The van der Waals surface area contributed by atoms with Gasteiger partial charge < -0.3 is 9.47 Å². The summed E-state index contributed by atoms with van der Waals surface area (Å²) < 4.78 is 10.1. The van der Waals surface area contributed by atoms with Crippen LogP contribution in [0.3, 0.4) is 0 Å². The van der Waals surface area contributed by atoms with E-state index in [1.54, 1.807) is 30.3 Å². The molecule has 0 radical (unpaired) electrons. The largest absolute Gasteiger partial charge is 0.513 e. The van der Waals surface area contributed by atoms with E-state index in [9.17, 15) is 14.4 Å². The molecule has 0 atom stereocenters. The number of carbonyl (C=O) groups is 3. The summed E-state index contributed by atoms with van der Waals surface area (Å²) in [5, 5.41) is 0. The third kappa shape index (κ3) is 6.47. The number of carbonyl (C=O) groups excluding carboxylic acids is 3. The SMILES string of the molecule is CC(C)(C)COC(=O)Oc1ccccc1C(=O)OOC(=O)c1ccccc1. The Morgan fingerprint density at radius 2 is 1.41 bits per heavy atom. The average Bonchev–Trinajstić information content (AvgIpc) is 2.65. The Kier molecular flexibility index (Phi) is 6.54. The van der Waals surface area contributed by atoms with Gasteiger partial charge in [-0.3, -0.25) is 0 Å². The summed E-state index contributed by atoms with van der Waals surface area (Å²) in [7, 11) is 0. The Morgan fingerprint density at radius 1 is 0.815 bits per heavy atom. The zero-order chi connectivity index (χ0) is 19.9. The second-order valence-electron chi connectivity index (χ2n) is 6.81. The molecule has 0 heterocycles. The molecule has 0 fully saturated rings. The lowest BCUT2D eigenvalue weighted by molar-refractivity contribution is -0.187. The van der Waals surface area contributed by atoms with Crippen LogP contribution < -0.4 is 4.74 Å². The normalized spacial score (nSPS) is 10.6. The van der Waals surface area contributed by atoms with E-state index in [0.29, 0.717) is 0 Å². The maximum Gasteiger partial charge on any atom is 0.513 e. The number of ether oxygens (including phenoxy) is 2. The highest BCUT2D eigenvalue weighted by molar-refractivity contribution is 5.94. The second-order valence-corrected chi connectivity index (χ2v) is 6.81. The van der Waals surface area contributed by atoms with E-state index in [1.165, 1.54) is 24.3 Å². The highest BCUT2D eigenvalue weighted by Gasteiger charge is 2.21. The van der Waals surface area contributed by atoms with Crippen molar-refractivity contribution in [1.82, 2.24) is 0 Å². The van der Waals surface area contributed by atoms with Crippen LogP contribution in [0.25, 0.3) is 0 Å². The predicted octanol–water partition coefficient (Wildman–Crippen LogP) is 4.18. The van der Waals surface area contributed by atoms with E-state index < -0.39 is 18.1 Å². The number of para-hydroxylation sites is 1. The minimum Gasteiger partial charge on any atom is -0.433 e. The van der Waals surface area contributed by atoms with E-state index in [-0.39, 0.29) is 28.9 Å². The van der Waals surface area contributed by atoms with Gasteiger partial charge in [0.1, 0.15) is 11.3 Å². The molecule has 2 aromatic carbocycles. The highest BCUT2D eigenvalue weighted by Crippen LogP contribution is 2.21. The Hall–Kier alpha value is -3.35. The van der Waals surface area contributed by atoms with Crippen molar-refractivity contribution >= 4 is 18.1 Å². The molecule has 0 saturated heterocycles. The van der Waals surface area contributed by atoms with E-state index in [1.807, 2.05) is 20.8 Å². The summed E-state index contributed by atoms with van der Waals surface area (Å²) in [5.74, 6) is -1.89. The number of benzene rings is 2. The first-order chi connectivity index (χ1) is 12.8. The second kappa shape index (κ2) is 8.84. The topological polar surface area (TPSA) is 88.1 Å². The first kappa shape index (κ1) is 20.0. The van der Waals surface area contributed by atoms with Gasteiger partial charge >= 0.3 is 18.1 Å². The van der Waals surface area contributed by atoms with Gasteiger partial charge in [0, 0.05) is 0 Å². The third-order valence-electron chi connectivity index (χ3n) is 3.13. The van der Waals surface area contributed by atoms with Gasteiger partial charge in [0.15, 0.2) is 0 Å². The number of rotatable bonds is 4. The van der Waals surface area contributed by atoms with Gasteiger partial charge in [-0.25, -0.2) is 24.2 Å². The molecule has 0 N–H and O–H groups in total. The Bertz CT molecular complexity index is 807. The molecule has 0 aliphatic heterocycles. The van der Waals surface area contributed by atoms with E-state index in [0.717, 1.165) is 0 Å². The lowest BCUT2D eigenvalue weighted by Crippen LogP contribution is -2.21. The fourth-order valence-electron chi connectivity index (χ4n) is 1.86. The van der Waals surface area contributed by atoms with E-state index in [4.69, 9.17) is 9.47 Å². The molecule has 0 saturated carbocycles. The molecular formula is C20H20O7. The van der Waals surface area contributed by atoms with Gasteiger partial charge in [-0.1, -0.05) is 51.1 Å². The number of hydrogen-bond donors (Lipinski definition) is 0. The predicted molar refractivity (Wildman–Crippen MR) is 95.1 cm³/mol. The van der Waals surface area contributed by atoms with Crippen LogP contribution in [0, 0.1) is 5.41 Å². The molecule has 2 aromatic rings. The molecule has 7 heteroatoms. The Balaban J connectivity index is 1.98. The first-order valence-electron chi connectivity index (χ1n) is 8.18. The Morgan fingerprint density at radius 3 is 2.07 bits per heavy atom. The van der Waals surface area contributed by atoms with Crippen molar-refractivity contribution < 1.29 is 33.6 Å². The van der Waals surface area contributed by atoms with E-state index in [2.05, 4.69) is 9.78 Å². The number of hydrogen-bond acceptors (Lipinski definition) is 7. The van der Waals surface area contributed by atoms with Gasteiger partial charge in [0.2, 0.25) is 0 Å². The van der Waals surface area contributed by atoms with Crippen molar-refractivity contribution in [2.24, 2.45) is 5.41 Å². The van der Waals surface area contributed by atoms with E-state index >= 15 is 0 Å². The monoisotopic (exact) mass is 372 g/mol. The molecule has 0 amide bonds. The quantitative estimate of drug-likeness (QED) is 0.344. The van der Waals surface area contributed by atoms with Crippen LogP contribution in [-0.2, 0) is 14.5 Å². The van der Waals surface area contributed by atoms with Crippen LogP contribution in [-0.4, -0.2) is 24.7 Å². The van der Waals surface area contributed by atoms with Crippen molar-refractivity contribution in [1.29, 1.82) is 0 Å².